The Balaban J connectivity index is 1.78. The number of amides is 1. The maximum absolute atomic E-state index is 13.0. The standard InChI is InChI=1S/C15H21FN2O/c1-11-4-3-7-17-14(11)9-15(19)18-10-12-5-2-6-13(16)8-12/h2,5-6,8,11,14,17H,3-4,7,9-10H2,1H3,(H,18,19). The molecule has 0 spiro atoms. The molecule has 0 aromatic heterocycles. The zero-order valence-electron chi connectivity index (χ0n) is 11.3. The van der Waals surface area contributed by atoms with Crippen LogP contribution in [0.15, 0.2) is 24.3 Å². The molecule has 1 fully saturated rings. The molecule has 0 aliphatic carbocycles. The molecular weight excluding hydrogens is 243 g/mol. The summed E-state index contributed by atoms with van der Waals surface area (Å²) in [6, 6.07) is 6.58. The van der Waals surface area contributed by atoms with Gasteiger partial charge in [-0.2, -0.15) is 0 Å². The largest absolute Gasteiger partial charge is 0.352 e. The van der Waals surface area contributed by atoms with Crippen LogP contribution in [0.25, 0.3) is 0 Å². The van der Waals surface area contributed by atoms with Gasteiger partial charge in [-0.3, -0.25) is 4.79 Å². The quantitative estimate of drug-likeness (QED) is 0.875. The Kier molecular flexibility index (Phi) is 4.91. The van der Waals surface area contributed by atoms with E-state index in [4.69, 9.17) is 0 Å². The first-order chi connectivity index (χ1) is 9.15. The van der Waals surface area contributed by atoms with E-state index in [2.05, 4.69) is 17.6 Å². The van der Waals surface area contributed by atoms with Gasteiger partial charge in [0.2, 0.25) is 5.91 Å². The Morgan fingerprint density at radius 2 is 2.37 bits per heavy atom. The first-order valence-corrected chi connectivity index (χ1v) is 6.89. The summed E-state index contributed by atoms with van der Waals surface area (Å²) in [4.78, 5) is 11.9. The third kappa shape index (κ3) is 4.31. The van der Waals surface area contributed by atoms with Crippen LogP contribution < -0.4 is 10.6 Å². The number of hydrogen-bond acceptors (Lipinski definition) is 2. The van der Waals surface area contributed by atoms with Crippen LogP contribution in [0, 0.1) is 11.7 Å². The summed E-state index contributed by atoms with van der Waals surface area (Å²) in [6.07, 6.45) is 2.86. The molecule has 1 amide bonds. The SMILES string of the molecule is CC1CCCNC1CC(=O)NCc1cccc(F)c1. The fourth-order valence-electron chi connectivity index (χ4n) is 2.51. The zero-order valence-corrected chi connectivity index (χ0v) is 11.3. The van der Waals surface area contributed by atoms with Crippen molar-refractivity contribution in [2.75, 3.05) is 6.54 Å². The van der Waals surface area contributed by atoms with Crippen LogP contribution in [0.3, 0.4) is 0 Å². The van der Waals surface area contributed by atoms with Crippen molar-refractivity contribution >= 4 is 5.91 Å². The summed E-state index contributed by atoms with van der Waals surface area (Å²) in [7, 11) is 0. The van der Waals surface area contributed by atoms with Gasteiger partial charge in [0.1, 0.15) is 5.82 Å². The van der Waals surface area contributed by atoms with Crippen LogP contribution in [-0.2, 0) is 11.3 Å². The van der Waals surface area contributed by atoms with Crippen LogP contribution in [-0.4, -0.2) is 18.5 Å². The lowest BCUT2D eigenvalue weighted by Gasteiger charge is -2.29. The van der Waals surface area contributed by atoms with Gasteiger partial charge in [0.05, 0.1) is 0 Å². The highest BCUT2D eigenvalue weighted by Gasteiger charge is 2.22. The summed E-state index contributed by atoms with van der Waals surface area (Å²) in [5.41, 5.74) is 0.790. The van der Waals surface area contributed by atoms with Gasteiger partial charge in [-0.25, -0.2) is 4.39 Å². The van der Waals surface area contributed by atoms with Crippen LogP contribution in [0.4, 0.5) is 4.39 Å². The van der Waals surface area contributed by atoms with Crippen molar-refractivity contribution in [3.63, 3.8) is 0 Å². The summed E-state index contributed by atoms with van der Waals surface area (Å²) in [5, 5.41) is 6.23. The minimum atomic E-state index is -0.269. The molecule has 0 saturated carbocycles. The summed E-state index contributed by atoms with van der Waals surface area (Å²) in [5.74, 6) is 0.290. The van der Waals surface area contributed by atoms with E-state index in [1.54, 1.807) is 6.07 Å². The summed E-state index contributed by atoms with van der Waals surface area (Å²) >= 11 is 0. The number of rotatable bonds is 4. The number of hydrogen-bond donors (Lipinski definition) is 2. The normalized spacial score (nSPS) is 23.1. The smallest absolute Gasteiger partial charge is 0.221 e. The number of piperidine rings is 1. The molecule has 2 rings (SSSR count). The first-order valence-electron chi connectivity index (χ1n) is 6.89. The molecule has 1 saturated heterocycles. The molecule has 104 valence electrons. The lowest BCUT2D eigenvalue weighted by molar-refractivity contribution is -0.122. The van der Waals surface area contributed by atoms with Crippen molar-refractivity contribution in [2.24, 2.45) is 5.92 Å². The van der Waals surface area contributed by atoms with E-state index in [0.717, 1.165) is 12.1 Å². The van der Waals surface area contributed by atoms with Gasteiger partial charge >= 0.3 is 0 Å². The Morgan fingerprint density at radius 1 is 1.53 bits per heavy atom. The Hall–Kier alpha value is -1.42. The molecule has 2 N–H and O–H groups in total. The maximum Gasteiger partial charge on any atom is 0.221 e. The average Bonchev–Trinajstić information content (AvgIpc) is 2.39. The lowest BCUT2D eigenvalue weighted by atomic mass is 9.90. The highest BCUT2D eigenvalue weighted by Crippen LogP contribution is 2.17. The third-order valence-electron chi connectivity index (χ3n) is 3.71. The average molecular weight is 264 g/mol. The number of nitrogens with one attached hydrogen (secondary N) is 2. The van der Waals surface area contributed by atoms with E-state index < -0.39 is 0 Å². The van der Waals surface area contributed by atoms with Gasteiger partial charge in [-0.1, -0.05) is 19.1 Å². The van der Waals surface area contributed by atoms with Crippen molar-refractivity contribution in [3.8, 4) is 0 Å². The van der Waals surface area contributed by atoms with E-state index in [1.165, 1.54) is 25.0 Å². The lowest BCUT2D eigenvalue weighted by Crippen LogP contribution is -2.43. The molecule has 3 nitrogen and oxygen atoms in total. The number of halogens is 1. The third-order valence-corrected chi connectivity index (χ3v) is 3.71. The second-order valence-electron chi connectivity index (χ2n) is 5.29. The molecule has 2 unspecified atom stereocenters. The van der Waals surface area contributed by atoms with Crippen LogP contribution in [0.2, 0.25) is 0 Å². The Labute approximate surface area is 113 Å². The Bertz CT molecular complexity index is 436. The molecule has 1 aromatic rings. The van der Waals surface area contributed by atoms with Gasteiger partial charge in [-0.05, 0) is 43.0 Å². The zero-order chi connectivity index (χ0) is 13.7. The second-order valence-corrected chi connectivity index (χ2v) is 5.29. The predicted octanol–water partition coefficient (Wildman–Crippen LogP) is 2.22. The highest BCUT2D eigenvalue weighted by atomic mass is 19.1. The van der Waals surface area contributed by atoms with E-state index in [0.29, 0.717) is 18.9 Å². The number of carbonyl (C=O) groups is 1. The first kappa shape index (κ1) is 14.0. The molecule has 4 heteroatoms. The summed E-state index contributed by atoms with van der Waals surface area (Å²) in [6.45, 7) is 3.56. The number of carbonyl (C=O) groups excluding carboxylic acids is 1. The van der Waals surface area contributed by atoms with Crippen molar-refractivity contribution in [3.05, 3.63) is 35.6 Å². The van der Waals surface area contributed by atoms with E-state index in [-0.39, 0.29) is 17.8 Å². The fourth-order valence-corrected chi connectivity index (χ4v) is 2.51. The fraction of sp³-hybridized carbons (Fsp3) is 0.533. The van der Waals surface area contributed by atoms with E-state index in [1.807, 2.05) is 6.07 Å². The minimum absolute atomic E-state index is 0.0236. The molecule has 1 aromatic carbocycles. The van der Waals surface area contributed by atoms with Crippen LogP contribution in [0.5, 0.6) is 0 Å². The molecule has 1 aliphatic heterocycles. The van der Waals surface area contributed by atoms with Crippen molar-refractivity contribution in [1.29, 1.82) is 0 Å². The highest BCUT2D eigenvalue weighted by molar-refractivity contribution is 5.76. The molecule has 0 radical (unpaired) electrons. The second kappa shape index (κ2) is 6.66. The van der Waals surface area contributed by atoms with Gasteiger partial charge in [-0.15, -0.1) is 0 Å². The van der Waals surface area contributed by atoms with Crippen LogP contribution in [0.1, 0.15) is 31.7 Å². The van der Waals surface area contributed by atoms with E-state index >= 15 is 0 Å². The van der Waals surface area contributed by atoms with Gasteiger partial charge in [0, 0.05) is 19.0 Å². The monoisotopic (exact) mass is 264 g/mol. The molecular formula is C15H21FN2O. The van der Waals surface area contributed by atoms with Gasteiger partial charge < -0.3 is 10.6 Å². The van der Waals surface area contributed by atoms with Crippen molar-refractivity contribution in [1.82, 2.24) is 10.6 Å². The topological polar surface area (TPSA) is 41.1 Å². The maximum atomic E-state index is 13.0. The number of benzene rings is 1. The van der Waals surface area contributed by atoms with Crippen molar-refractivity contribution < 1.29 is 9.18 Å². The van der Waals surface area contributed by atoms with Crippen LogP contribution >= 0.6 is 0 Å². The van der Waals surface area contributed by atoms with Gasteiger partial charge in [0.25, 0.3) is 0 Å². The van der Waals surface area contributed by atoms with Gasteiger partial charge in [0.15, 0.2) is 0 Å². The molecule has 1 heterocycles. The molecule has 19 heavy (non-hydrogen) atoms. The predicted molar refractivity (Wildman–Crippen MR) is 73.1 cm³/mol. The Morgan fingerprint density at radius 3 is 3.11 bits per heavy atom. The molecule has 2 atom stereocenters. The summed E-state index contributed by atoms with van der Waals surface area (Å²) < 4.78 is 13.0. The molecule has 0 bridgehead atoms. The molecule has 1 aliphatic rings. The minimum Gasteiger partial charge on any atom is -0.352 e. The van der Waals surface area contributed by atoms with E-state index in [9.17, 15) is 9.18 Å². The van der Waals surface area contributed by atoms with Crippen molar-refractivity contribution in [2.45, 2.75) is 38.8 Å².